The van der Waals surface area contributed by atoms with E-state index in [1.807, 2.05) is 50.2 Å². The van der Waals surface area contributed by atoms with Gasteiger partial charge in [-0.2, -0.15) is 0 Å². The van der Waals surface area contributed by atoms with Crippen LogP contribution in [0.15, 0.2) is 53.4 Å². The maximum atomic E-state index is 13.3. The van der Waals surface area contributed by atoms with Crippen LogP contribution in [0.4, 0.5) is 0 Å². The lowest BCUT2D eigenvalue weighted by molar-refractivity contribution is 0.125. The largest absolute Gasteiger partial charge is 0.380 e. The summed E-state index contributed by atoms with van der Waals surface area (Å²) in [6.07, 6.45) is 0.947. The summed E-state index contributed by atoms with van der Waals surface area (Å²) >= 11 is 0. The summed E-state index contributed by atoms with van der Waals surface area (Å²) in [4.78, 5) is 0.326. The molecular weight excluding hydrogens is 346 g/mol. The Labute approximate surface area is 156 Å². The highest BCUT2D eigenvalue weighted by Gasteiger charge is 2.69. The Balaban J connectivity index is 1.97. The Morgan fingerprint density at radius 3 is 2.19 bits per heavy atom. The summed E-state index contributed by atoms with van der Waals surface area (Å²) in [7, 11) is -3.54. The molecule has 140 valence electrons. The number of hydrogen-bond acceptors (Lipinski definition) is 4. The number of aryl methyl sites for hydroxylation is 2. The minimum atomic E-state index is -3.54. The maximum Gasteiger partial charge on any atom is 0.183 e. The highest BCUT2D eigenvalue weighted by molar-refractivity contribution is 7.92. The molecule has 0 unspecified atom stereocenters. The fourth-order valence-electron chi connectivity index (χ4n) is 3.66. The molecule has 26 heavy (non-hydrogen) atoms. The molecule has 2 aromatic rings. The summed E-state index contributed by atoms with van der Waals surface area (Å²) in [5.74, 6) is -0.258. The predicted molar refractivity (Wildman–Crippen MR) is 104 cm³/mol. The van der Waals surface area contributed by atoms with Crippen LogP contribution in [0, 0.1) is 6.92 Å². The molecule has 0 bridgehead atoms. The van der Waals surface area contributed by atoms with E-state index in [0.717, 1.165) is 17.5 Å². The van der Waals surface area contributed by atoms with Gasteiger partial charge in [0, 0.05) is 12.5 Å². The van der Waals surface area contributed by atoms with Gasteiger partial charge in [-0.15, -0.1) is 0 Å². The third kappa shape index (κ3) is 3.31. The number of hydrogen-bond donors (Lipinski definition) is 1. The van der Waals surface area contributed by atoms with E-state index in [-0.39, 0.29) is 12.5 Å². The van der Waals surface area contributed by atoms with Crippen molar-refractivity contribution in [2.45, 2.75) is 48.8 Å². The maximum absolute atomic E-state index is 13.3. The molecule has 1 aliphatic carbocycles. The van der Waals surface area contributed by atoms with E-state index in [0.29, 0.717) is 11.5 Å². The molecule has 0 saturated heterocycles. The number of ether oxygens (including phenoxy) is 1. The summed E-state index contributed by atoms with van der Waals surface area (Å²) < 4.78 is 32.1. The van der Waals surface area contributed by atoms with E-state index < -0.39 is 20.6 Å². The fraction of sp³-hybridized carbons (Fsp3) is 0.429. The summed E-state index contributed by atoms with van der Waals surface area (Å²) in [5.41, 5.74) is 8.89. The highest BCUT2D eigenvalue weighted by Crippen LogP contribution is 2.55. The molecule has 0 heterocycles. The molecule has 1 aliphatic rings. The van der Waals surface area contributed by atoms with E-state index in [9.17, 15) is 8.42 Å². The zero-order valence-corrected chi connectivity index (χ0v) is 16.4. The Hall–Kier alpha value is -1.69. The van der Waals surface area contributed by atoms with Gasteiger partial charge >= 0.3 is 0 Å². The molecule has 0 radical (unpaired) electrons. The quantitative estimate of drug-likeness (QED) is 0.809. The molecule has 0 aromatic heterocycles. The lowest BCUT2D eigenvalue weighted by atomic mass is 10.0. The van der Waals surface area contributed by atoms with Crippen molar-refractivity contribution >= 4 is 9.84 Å². The minimum absolute atomic E-state index is 0.236. The highest BCUT2D eigenvalue weighted by atomic mass is 32.2. The predicted octanol–water partition coefficient (Wildman–Crippen LogP) is 3.23. The van der Waals surface area contributed by atoms with Crippen molar-refractivity contribution in [1.29, 1.82) is 0 Å². The van der Waals surface area contributed by atoms with Crippen molar-refractivity contribution in [2.75, 3.05) is 13.2 Å². The third-order valence-electron chi connectivity index (χ3n) is 5.29. The molecule has 4 nitrogen and oxygen atoms in total. The van der Waals surface area contributed by atoms with E-state index in [1.165, 1.54) is 5.56 Å². The van der Waals surface area contributed by atoms with Crippen molar-refractivity contribution in [2.24, 2.45) is 5.73 Å². The van der Waals surface area contributed by atoms with E-state index in [4.69, 9.17) is 10.5 Å². The minimum Gasteiger partial charge on any atom is -0.380 e. The monoisotopic (exact) mass is 373 g/mol. The Bertz CT molecular complexity index is 859. The van der Waals surface area contributed by atoms with Crippen LogP contribution in [-0.4, -0.2) is 32.4 Å². The van der Waals surface area contributed by atoms with Gasteiger partial charge in [0.2, 0.25) is 0 Å². The smallest absolute Gasteiger partial charge is 0.183 e. The van der Waals surface area contributed by atoms with Gasteiger partial charge in [0.1, 0.15) is 0 Å². The first kappa shape index (κ1) is 19.1. The van der Waals surface area contributed by atoms with Crippen LogP contribution in [0.5, 0.6) is 0 Å². The van der Waals surface area contributed by atoms with Crippen LogP contribution in [0.2, 0.25) is 0 Å². The second-order valence-electron chi connectivity index (χ2n) is 7.10. The van der Waals surface area contributed by atoms with Gasteiger partial charge in [-0.3, -0.25) is 0 Å². The lowest BCUT2D eigenvalue weighted by Crippen LogP contribution is -2.36. The van der Waals surface area contributed by atoms with Crippen LogP contribution < -0.4 is 5.73 Å². The molecule has 0 amide bonds. The van der Waals surface area contributed by atoms with Gasteiger partial charge in [0.05, 0.1) is 22.3 Å². The summed E-state index contributed by atoms with van der Waals surface area (Å²) in [6, 6.07) is 15.1. The van der Waals surface area contributed by atoms with Gasteiger partial charge in [0.25, 0.3) is 0 Å². The Kier molecular flexibility index (Phi) is 5.24. The average molecular weight is 374 g/mol. The van der Waals surface area contributed by atoms with Gasteiger partial charge in [-0.1, -0.05) is 48.9 Å². The molecule has 0 aliphatic heterocycles. The Morgan fingerprint density at radius 1 is 1.04 bits per heavy atom. The van der Waals surface area contributed by atoms with E-state index >= 15 is 0 Å². The first-order valence-corrected chi connectivity index (χ1v) is 10.6. The fourth-order valence-corrected chi connectivity index (χ4v) is 5.95. The zero-order chi connectivity index (χ0) is 18.9. The molecule has 2 N–H and O–H groups in total. The second kappa shape index (κ2) is 7.14. The van der Waals surface area contributed by atoms with Gasteiger partial charge in [-0.05, 0) is 43.5 Å². The Morgan fingerprint density at radius 2 is 1.65 bits per heavy atom. The molecule has 0 spiro atoms. The molecule has 2 aromatic carbocycles. The van der Waals surface area contributed by atoms with Crippen molar-refractivity contribution in [3.8, 4) is 0 Å². The van der Waals surface area contributed by atoms with E-state index in [1.54, 1.807) is 12.1 Å². The number of sulfone groups is 1. The average Bonchev–Trinajstić information content (AvgIpc) is 3.27. The molecule has 3 atom stereocenters. The first-order chi connectivity index (χ1) is 12.3. The third-order valence-corrected chi connectivity index (χ3v) is 7.60. The molecule has 1 fully saturated rings. The standard InChI is InChI=1S/C21H27NO3S/c1-4-16-8-10-17(11-9-16)19-20(21(19,22)14-25-5-2)26(23,24)18-12-6-15(3)7-13-18/h6-13,19-20H,4-5,14,22H2,1-3H3/t19-,20-,21+/m1/s1. The van der Waals surface area contributed by atoms with Gasteiger partial charge < -0.3 is 10.5 Å². The number of nitrogens with two attached hydrogens (primary N) is 1. The van der Waals surface area contributed by atoms with Crippen molar-refractivity contribution in [3.05, 3.63) is 65.2 Å². The number of benzene rings is 2. The summed E-state index contributed by atoms with van der Waals surface area (Å²) in [5, 5.41) is -0.670. The molecule has 3 rings (SSSR count). The molecule has 5 heteroatoms. The van der Waals surface area contributed by atoms with E-state index in [2.05, 4.69) is 6.92 Å². The normalized spacial score (nSPS) is 25.2. The number of rotatable bonds is 7. The SMILES string of the molecule is CCOC[C@]1(N)[C@H](c2ccc(CC)cc2)[C@H]1S(=O)(=O)c1ccc(C)cc1. The lowest BCUT2D eigenvalue weighted by Gasteiger charge is -2.12. The second-order valence-corrected chi connectivity index (χ2v) is 9.17. The first-order valence-electron chi connectivity index (χ1n) is 9.10. The van der Waals surface area contributed by atoms with Crippen molar-refractivity contribution < 1.29 is 13.2 Å². The van der Waals surface area contributed by atoms with Crippen molar-refractivity contribution in [3.63, 3.8) is 0 Å². The molecular formula is C21H27NO3S. The van der Waals surface area contributed by atoms with Crippen LogP contribution >= 0.6 is 0 Å². The summed E-state index contributed by atoms with van der Waals surface area (Å²) in [6.45, 7) is 6.67. The zero-order valence-electron chi connectivity index (χ0n) is 15.6. The van der Waals surface area contributed by atoms with Crippen LogP contribution in [0.1, 0.15) is 36.5 Å². The molecule has 1 saturated carbocycles. The van der Waals surface area contributed by atoms with Gasteiger partial charge in [-0.25, -0.2) is 8.42 Å². The van der Waals surface area contributed by atoms with Crippen LogP contribution in [0.25, 0.3) is 0 Å². The van der Waals surface area contributed by atoms with Crippen molar-refractivity contribution in [1.82, 2.24) is 0 Å². The van der Waals surface area contributed by atoms with Crippen LogP contribution in [-0.2, 0) is 21.0 Å². The van der Waals surface area contributed by atoms with Crippen LogP contribution in [0.3, 0.4) is 0 Å². The van der Waals surface area contributed by atoms with Gasteiger partial charge in [0.15, 0.2) is 9.84 Å². The topological polar surface area (TPSA) is 69.4 Å².